The smallest absolute Gasteiger partial charge is 0.131 e. The van der Waals surface area contributed by atoms with Crippen molar-refractivity contribution >= 4 is 21.7 Å². The van der Waals surface area contributed by atoms with Crippen LogP contribution in [0.15, 0.2) is 12.3 Å². The number of anilines is 1. The second-order valence-corrected chi connectivity index (χ2v) is 5.52. The highest BCUT2D eigenvalue weighted by molar-refractivity contribution is 9.08. The molecule has 0 saturated carbocycles. The molecule has 1 saturated heterocycles. The van der Waals surface area contributed by atoms with Crippen LogP contribution in [0.4, 0.5) is 5.82 Å². The maximum absolute atomic E-state index is 4.62. The van der Waals surface area contributed by atoms with Crippen LogP contribution in [0.5, 0.6) is 0 Å². The summed E-state index contributed by atoms with van der Waals surface area (Å²) < 4.78 is 0. The summed E-state index contributed by atoms with van der Waals surface area (Å²) in [5.41, 5.74) is 2.56. The molecule has 1 aromatic heterocycles. The minimum Gasteiger partial charge on any atom is -0.356 e. The number of hydrogen-bond acceptors (Lipinski definition) is 2. The van der Waals surface area contributed by atoms with Crippen molar-refractivity contribution in [2.75, 3.05) is 18.0 Å². The van der Waals surface area contributed by atoms with E-state index in [1.165, 1.54) is 49.3 Å². The molecule has 1 aliphatic heterocycles. The third kappa shape index (κ3) is 3.01. The van der Waals surface area contributed by atoms with E-state index in [1.807, 2.05) is 6.20 Å². The molecule has 94 valence electrons. The van der Waals surface area contributed by atoms with Gasteiger partial charge in [-0.2, -0.15) is 0 Å². The third-order valence-electron chi connectivity index (χ3n) is 3.75. The van der Waals surface area contributed by atoms with E-state index in [0.29, 0.717) is 0 Å². The Hall–Kier alpha value is -0.570. The van der Waals surface area contributed by atoms with Crippen molar-refractivity contribution in [2.24, 2.45) is 5.92 Å². The molecular weight excluding hydrogens is 276 g/mol. The lowest BCUT2D eigenvalue weighted by atomic mass is 9.94. The predicted octanol–water partition coefficient (Wildman–Crippen LogP) is 3.91. The second-order valence-electron chi connectivity index (χ2n) is 4.96. The van der Waals surface area contributed by atoms with Crippen LogP contribution in [0.3, 0.4) is 0 Å². The Morgan fingerprint density at radius 3 is 2.65 bits per heavy atom. The van der Waals surface area contributed by atoms with E-state index in [2.05, 4.69) is 45.7 Å². The summed E-state index contributed by atoms with van der Waals surface area (Å²) in [5, 5.41) is 0.888. The van der Waals surface area contributed by atoms with E-state index in [-0.39, 0.29) is 0 Å². The Labute approximate surface area is 113 Å². The molecular formula is C14H21BrN2. The molecule has 0 aromatic carbocycles. The molecule has 0 N–H and O–H groups in total. The minimum absolute atomic E-state index is 0.888. The van der Waals surface area contributed by atoms with E-state index in [9.17, 15) is 0 Å². The standard InChI is InChI=1S/C14H21BrN2/c1-3-12-4-6-17(7-5-12)14-11(2)8-13(9-15)10-16-14/h8,10,12H,3-7,9H2,1-2H3. The van der Waals surface area contributed by atoms with Crippen molar-refractivity contribution in [3.8, 4) is 0 Å². The van der Waals surface area contributed by atoms with Gasteiger partial charge in [-0.05, 0) is 36.8 Å². The fraction of sp³-hybridized carbons (Fsp3) is 0.643. The van der Waals surface area contributed by atoms with Crippen LogP contribution in [-0.4, -0.2) is 18.1 Å². The van der Waals surface area contributed by atoms with Crippen LogP contribution >= 0.6 is 15.9 Å². The zero-order valence-electron chi connectivity index (χ0n) is 10.7. The number of nitrogens with zero attached hydrogens (tertiary/aromatic N) is 2. The summed E-state index contributed by atoms with van der Waals surface area (Å²) in [4.78, 5) is 7.06. The van der Waals surface area contributed by atoms with E-state index in [4.69, 9.17) is 0 Å². The highest BCUT2D eigenvalue weighted by Crippen LogP contribution is 2.26. The van der Waals surface area contributed by atoms with Gasteiger partial charge in [0.15, 0.2) is 0 Å². The Bertz CT molecular complexity index is 370. The number of aromatic nitrogens is 1. The average molecular weight is 297 g/mol. The zero-order chi connectivity index (χ0) is 12.3. The largest absolute Gasteiger partial charge is 0.356 e. The molecule has 0 spiro atoms. The first kappa shape index (κ1) is 12.9. The summed E-state index contributed by atoms with van der Waals surface area (Å²) in [7, 11) is 0. The predicted molar refractivity (Wildman–Crippen MR) is 76.8 cm³/mol. The highest BCUT2D eigenvalue weighted by atomic mass is 79.9. The van der Waals surface area contributed by atoms with Gasteiger partial charge in [-0.25, -0.2) is 4.98 Å². The van der Waals surface area contributed by atoms with Crippen molar-refractivity contribution in [1.82, 2.24) is 4.98 Å². The fourth-order valence-electron chi connectivity index (χ4n) is 2.58. The van der Waals surface area contributed by atoms with Gasteiger partial charge in [0.25, 0.3) is 0 Å². The van der Waals surface area contributed by atoms with Crippen LogP contribution in [-0.2, 0) is 5.33 Å². The Kier molecular flexibility index (Phi) is 4.43. The quantitative estimate of drug-likeness (QED) is 0.786. The van der Waals surface area contributed by atoms with Crippen LogP contribution in [0.2, 0.25) is 0 Å². The van der Waals surface area contributed by atoms with Gasteiger partial charge >= 0.3 is 0 Å². The Balaban J connectivity index is 2.08. The lowest BCUT2D eigenvalue weighted by molar-refractivity contribution is 0.393. The monoisotopic (exact) mass is 296 g/mol. The molecule has 0 atom stereocenters. The Morgan fingerprint density at radius 2 is 2.12 bits per heavy atom. The lowest BCUT2D eigenvalue weighted by Crippen LogP contribution is -2.34. The van der Waals surface area contributed by atoms with E-state index >= 15 is 0 Å². The summed E-state index contributed by atoms with van der Waals surface area (Å²) in [6.45, 7) is 6.80. The van der Waals surface area contributed by atoms with Gasteiger partial charge < -0.3 is 4.90 Å². The molecule has 2 nitrogen and oxygen atoms in total. The summed E-state index contributed by atoms with van der Waals surface area (Å²) in [6, 6.07) is 2.24. The fourth-order valence-corrected chi connectivity index (χ4v) is 2.89. The number of rotatable bonds is 3. The van der Waals surface area contributed by atoms with Gasteiger partial charge in [0.2, 0.25) is 0 Å². The lowest BCUT2D eigenvalue weighted by Gasteiger charge is -2.33. The Morgan fingerprint density at radius 1 is 1.41 bits per heavy atom. The summed E-state index contributed by atoms with van der Waals surface area (Å²) in [5.74, 6) is 2.11. The zero-order valence-corrected chi connectivity index (χ0v) is 12.3. The number of aryl methyl sites for hydroxylation is 1. The normalized spacial score (nSPS) is 17.5. The van der Waals surface area contributed by atoms with Crippen LogP contribution in [0.25, 0.3) is 0 Å². The number of alkyl halides is 1. The SMILES string of the molecule is CCC1CCN(c2ncc(CBr)cc2C)CC1. The van der Waals surface area contributed by atoms with Gasteiger partial charge in [0.05, 0.1) is 0 Å². The first-order valence-corrected chi connectivity index (χ1v) is 7.63. The number of halogens is 1. The number of pyridine rings is 1. The third-order valence-corrected chi connectivity index (χ3v) is 4.40. The second kappa shape index (κ2) is 5.85. The molecule has 3 heteroatoms. The van der Waals surface area contributed by atoms with Crippen LogP contribution < -0.4 is 4.90 Å². The summed E-state index contributed by atoms with van der Waals surface area (Å²) in [6.07, 6.45) is 5.95. The van der Waals surface area contributed by atoms with Gasteiger partial charge in [0, 0.05) is 24.6 Å². The molecule has 0 radical (unpaired) electrons. The molecule has 0 unspecified atom stereocenters. The van der Waals surface area contributed by atoms with Crippen LogP contribution in [0, 0.1) is 12.8 Å². The average Bonchev–Trinajstić information content (AvgIpc) is 2.39. The van der Waals surface area contributed by atoms with Crippen LogP contribution in [0.1, 0.15) is 37.3 Å². The minimum atomic E-state index is 0.888. The van der Waals surface area contributed by atoms with E-state index in [1.54, 1.807) is 0 Å². The molecule has 1 fully saturated rings. The van der Waals surface area contributed by atoms with Crippen molar-refractivity contribution in [2.45, 2.75) is 38.4 Å². The van der Waals surface area contributed by atoms with Gasteiger partial charge in [-0.1, -0.05) is 35.3 Å². The molecule has 1 aromatic rings. The molecule has 2 heterocycles. The highest BCUT2D eigenvalue weighted by Gasteiger charge is 2.19. The molecule has 0 amide bonds. The van der Waals surface area contributed by atoms with Gasteiger partial charge in [0.1, 0.15) is 5.82 Å². The number of piperidine rings is 1. The molecule has 0 bridgehead atoms. The summed E-state index contributed by atoms with van der Waals surface area (Å²) >= 11 is 3.48. The topological polar surface area (TPSA) is 16.1 Å². The molecule has 1 aliphatic rings. The maximum atomic E-state index is 4.62. The molecule has 17 heavy (non-hydrogen) atoms. The van der Waals surface area contributed by atoms with Crippen molar-refractivity contribution < 1.29 is 0 Å². The molecule has 2 rings (SSSR count). The number of hydrogen-bond donors (Lipinski definition) is 0. The van der Waals surface area contributed by atoms with Crippen molar-refractivity contribution in [3.63, 3.8) is 0 Å². The van der Waals surface area contributed by atoms with Crippen molar-refractivity contribution in [3.05, 3.63) is 23.4 Å². The maximum Gasteiger partial charge on any atom is 0.131 e. The van der Waals surface area contributed by atoms with E-state index < -0.39 is 0 Å². The van der Waals surface area contributed by atoms with Crippen molar-refractivity contribution in [1.29, 1.82) is 0 Å². The van der Waals surface area contributed by atoms with Gasteiger partial charge in [-0.15, -0.1) is 0 Å². The first-order chi connectivity index (χ1) is 8.24. The van der Waals surface area contributed by atoms with E-state index in [0.717, 1.165) is 11.2 Å². The molecule has 0 aliphatic carbocycles. The van der Waals surface area contributed by atoms with Gasteiger partial charge in [-0.3, -0.25) is 0 Å². The first-order valence-electron chi connectivity index (χ1n) is 6.51.